The zero-order valence-corrected chi connectivity index (χ0v) is 19.4. The van der Waals surface area contributed by atoms with Crippen molar-refractivity contribution in [2.75, 3.05) is 25.5 Å². The van der Waals surface area contributed by atoms with Gasteiger partial charge in [0.15, 0.2) is 5.96 Å². The van der Waals surface area contributed by atoms with Crippen LogP contribution in [0.5, 0.6) is 0 Å². The average molecular weight is 523 g/mol. The highest BCUT2D eigenvalue weighted by Gasteiger charge is 2.07. The Morgan fingerprint density at radius 3 is 2.77 bits per heavy atom. The molecule has 0 radical (unpaired) electrons. The van der Waals surface area contributed by atoms with Gasteiger partial charge >= 0.3 is 0 Å². The molecule has 1 aromatic heterocycles. The van der Waals surface area contributed by atoms with Gasteiger partial charge in [-0.1, -0.05) is 19.1 Å². The van der Waals surface area contributed by atoms with E-state index < -0.39 is 0 Å². The predicted octanol–water partition coefficient (Wildman–Crippen LogP) is 3.83. The molecule has 160 valence electrons. The van der Waals surface area contributed by atoms with E-state index >= 15 is 0 Å². The van der Waals surface area contributed by atoms with Crippen molar-refractivity contribution >= 4 is 52.4 Å². The number of amides is 1. The first kappa shape index (κ1) is 23.7. The molecule has 2 aromatic carbocycles. The Kier molecular flexibility index (Phi) is 9.10. The van der Waals surface area contributed by atoms with Crippen LogP contribution in [0.1, 0.15) is 18.1 Å². The van der Waals surface area contributed by atoms with Crippen molar-refractivity contribution in [2.24, 2.45) is 4.99 Å². The molecule has 0 saturated carbocycles. The number of nitrogens with one attached hydrogen (secondary N) is 4. The Morgan fingerprint density at radius 1 is 1.17 bits per heavy atom. The van der Waals surface area contributed by atoms with Crippen LogP contribution in [0.25, 0.3) is 10.9 Å². The Morgan fingerprint density at radius 2 is 2.00 bits per heavy atom. The standard InChI is InChI=1S/C22H26FN5O.HI/c1-3-15-5-4-6-18(11-15)28-21(29)14-27-22(24-2)25-10-9-16-13-26-20-8-7-17(23)12-19(16)20;/h4-8,11-13,26H,3,9-10,14H2,1-2H3,(H,28,29)(H2,24,25,27);1H. The molecule has 0 aliphatic heterocycles. The van der Waals surface area contributed by atoms with Crippen LogP contribution in [0.15, 0.2) is 53.7 Å². The van der Waals surface area contributed by atoms with E-state index in [4.69, 9.17) is 0 Å². The zero-order chi connectivity index (χ0) is 20.6. The van der Waals surface area contributed by atoms with Crippen LogP contribution >= 0.6 is 24.0 Å². The largest absolute Gasteiger partial charge is 0.361 e. The normalized spacial score (nSPS) is 11.1. The van der Waals surface area contributed by atoms with Crippen molar-refractivity contribution in [1.29, 1.82) is 0 Å². The fraction of sp³-hybridized carbons (Fsp3) is 0.273. The van der Waals surface area contributed by atoms with E-state index in [9.17, 15) is 9.18 Å². The summed E-state index contributed by atoms with van der Waals surface area (Å²) in [6, 6.07) is 12.5. The highest BCUT2D eigenvalue weighted by atomic mass is 127. The molecule has 3 aromatic rings. The first-order valence-corrected chi connectivity index (χ1v) is 9.68. The summed E-state index contributed by atoms with van der Waals surface area (Å²) >= 11 is 0. The molecule has 8 heteroatoms. The lowest BCUT2D eigenvalue weighted by atomic mass is 10.1. The number of fused-ring (bicyclic) bond motifs is 1. The van der Waals surface area contributed by atoms with Gasteiger partial charge in [-0.2, -0.15) is 0 Å². The second-order valence-electron chi connectivity index (χ2n) is 6.71. The number of carbonyl (C=O) groups excluding carboxylic acids is 1. The topological polar surface area (TPSA) is 81.3 Å². The third-order valence-electron chi connectivity index (χ3n) is 4.68. The maximum atomic E-state index is 13.5. The van der Waals surface area contributed by atoms with Gasteiger partial charge in [-0.25, -0.2) is 4.39 Å². The SMILES string of the molecule is CCc1cccc(NC(=O)CNC(=NC)NCCc2c[nH]c3ccc(F)cc23)c1.I. The third kappa shape index (κ3) is 6.45. The number of hydrogen-bond acceptors (Lipinski definition) is 2. The number of anilines is 1. The Bertz CT molecular complexity index is 1020. The lowest BCUT2D eigenvalue weighted by molar-refractivity contribution is -0.115. The van der Waals surface area contributed by atoms with E-state index in [0.717, 1.165) is 28.6 Å². The highest BCUT2D eigenvalue weighted by molar-refractivity contribution is 14.0. The number of aryl methyl sites for hydroxylation is 1. The minimum absolute atomic E-state index is 0. The predicted molar refractivity (Wildman–Crippen MR) is 131 cm³/mol. The Balaban J connectivity index is 0.00000320. The Hall–Kier alpha value is -2.62. The molecule has 0 spiro atoms. The summed E-state index contributed by atoms with van der Waals surface area (Å²) in [7, 11) is 1.65. The number of carbonyl (C=O) groups is 1. The summed E-state index contributed by atoms with van der Waals surface area (Å²) in [5.74, 6) is 0.140. The van der Waals surface area contributed by atoms with Crippen LogP contribution < -0.4 is 16.0 Å². The number of halogens is 2. The summed E-state index contributed by atoms with van der Waals surface area (Å²) in [5, 5.41) is 9.93. The number of rotatable bonds is 7. The number of guanidine groups is 1. The molecule has 0 atom stereocenters. The first-order valence-electron chi connectivity index (χ1n) is 9.68. The van der Waals surface area contributed by atoms with Gasteiger partial charge in [0.1, 0.15) is 5.82 Å². The number of aromatic amines is 1. The third-order valence-corrected chi connectivity index (χ3v) is 4.68. The second kappa shape index (κ2) is 11.5. The number of H-pyrrole nitrogens is 1. The van der Waals surface area contributed by atoms with Crippen molar-refractivity contribution in [1.82, 2.24) is 15.6 Å². The molecule has 6 nitrogen and oxygen atoms in total. The van der Waals surface area contributed by atoms with E-state index in [2.05, 4.69) is 32.9 Å². The smallest absolute Gasteiger partial charge is 0.243 e. The number of aromatic nitrogens is 1. The number of hydrogen-bond donors (Lipinski definition) is 4. The molecule has 1 amide bonds. The van der Waals surface area contributed by atoms with Gasteiger partial charge in [-0.05, 0) is 54.3 Å². The van der Waals surface area contributed by atoms with Gasteiger partial charge < -0.3 is 20.9 Å². The molecule has 30 heavy (non-hydrogen) atoms. The number of benzene rings is 2. The summed E-state index contributed by atoms with van der Waals surface area (Å²) < 4.78 is 13.5. The van der Waals surface area contributed by atoms with Gasteiger partial charge in [-0.3, -0.25) is 9.79 Å². The Labute approximate surface area is 192 Å². The monoisotopic (exact) mass is 523 g/mol. The molecule has 0 unspecified atom stereocenters. The summed E-state index contributed by atoms with van der Waals surface area (Å²) in [6.07, 6.45) is 3.50. The molecule has 1 heterocycles. The molecular formula is C22H27FIN5O. The minimum Gasteiger partial charge on any atom is -0.361 e. The number of aliphatic imine (C=N–C) groups is 1. The van der Waals surface area contributed by atoms with E-state index in [1.807, 2.05) is 30.5 Å². The van der Waals surface area contributed by atoms with Crippen molar-refractivity contribution in [3.8, 4) is 0 Å². The van der Waals surface area contributed by atoms with Gasteiger partial charge in [0.05, 0.1) is 6.54 Å². The summed E-state index contributed by atoms with van der Waals surface area (Å²) in [4.78, 5) is 19.5. The van der Waals surface area contributed by atoms with Gasteiger partial charge in [0.2, 0.25) is 5.91 Å². The molecule has 0 bridgehead atoms. The summed E-state index contributed by atoms with van der Waals surface area (Å²) in [5.41, 5.74) is 3.89. The second-order valence-corrected chi connectivity index (χ2v) is 6.71. The van der Waals surface area contributed by atoms with Crippen molar-refractivity contribution in [2.45, 2.75) is 19.8 Å². The fourth-order valence-corrected chi connectivity index (χ4v) is 3.13. The maximum Gasteiger partial charge on any atom is 0.243 e. The lowest BCUT2D eigenvalue weighted by Gasteiger charge is -2.12. The molecule has 0 aliphatic carbocycles. The first-order chi connectivity index (χ1) is 14.1. The van der Waals surface area contributed by atoms with Crippen molar-refractivity contribution in [3.05, 3.63) is 65.6 Å². The van der Waals surface area contributed by atoms with E-state index in [0.29, 0.717) is 18.9 Å². The van der Waals surface area contributed by atoms with Crippen LogP contribution in [0.4, 0.5) is 10.1 Å². The van der Waals surface area contributed by atoms with Crippen molar-refractivity contribution in [3.63, 3.8) is 0 Å². The van der Waals surface area contributed by atoms with Crippen LogP contribution in [-0.2, 0) is 17.6 Å². The lowest BCUT2D eigenvalue weighted by Crippen LogP contribution is -2.42. The molecule has 0 saturated heterocycles. The minimum atomic E-state index is -0.251. The molecule has 4 N–H and O–H groups in total. The van der Waals surface area contributed by atoms with Crippen LogP contribution in [0, 0.1) is 5.82 Å². The van der Waals surface area contributed by atoms with Gasteiger partial charge in [0, 0.05) is 36.4 Å². The van der Waals surface area contributed by atoms with E-state index in [1.54, 1.807) is 13.1 Å². The summed E-state index contributed by atoms with van der Waals surface area (Å²) in [6.45, 7) is 2.78. The van der Waals surface area contributed by atoms with E-state index in [1.165, 1.54) is 17.7 Å². The van der Waals surface area contributed by atoms with Crippen LogP contribution in [-0.4, -0.2) is 37.0 Å². The zero-order valence-electron chi connectivity index (χ0n) is 17.1. The molecule has 0 aliphatic rings. The van der Waals surface area contributed by atoms with E-state index in [-0.39, 0.29) is 42.2 Å². The van der Waals surface area contributed by atoms with Crippen LogP contribution in [0.3, 0.4) is 0 Å². The highest BCUT2D eigenvalue weighted by Crippen LogP contribution is 2.19. The molecule has 3 rings (SSSR count). The van der Waals surface area contributed by atoms with Gasteiger partial charge in [0.25, 0.3) is 0 Å². The van der Waals surface area contributed by atoms with Crippen molar-refractivity contribution < 1.29 is 9.18 Å². The van der Waals surface area contributed by atoms with Gasteiger partial charge in [-0.15, -0.1) is 24.0 Å². The molecular weight excluding hydrogens is 496 g/mol. The average Bonchev–Trinajstić information content (AvgIpc) is 3.12. The number of nitrogens with zero attached hydrogens (tertiary/aromatic N) is 1. The fourth-order valence-electron chi connectivity index (χ4n) is 3.13. The molecule has 0 fully saturated rings. The quantitative estimate of drug-likeness (QED) is 0.216. The maximum absolute atomic E-state index is 13.5. The van der Waals surface area contributed by atoms with Crippen LogP contribution in [0.2, 0.25) is 0 Å².